The minimum Gasteiger partial charge on any atom is -0.481 e. The van der Waals surface area contributed by atoms with E-state index in [1.807, 2.05) is 36.4 Å². The second-order valence-corrected chi connectivity index (χ2v) is 6.70. The van der Waals surface area contributed by atoms with Crippen molar-refractivity contribution in [2.24, 2.45) is 0 Å². The van der Waals surface area contributed by atoms with E-state index in [1.54, 1.807) is 6.92 Å². The molecule has 0 fully saturated rings. The number of fused-ring (bicyclic) bond motifs is 2. The normalized spacial score (nSPS) is 14.7. The highest BCUT2D eigenvalue weighted by Gasteiger charge is 2.28. The fraction of sp³-hybridized carbons (Fsp3) is 0.222. The molecule has 3 nitrogen and oxygen atoms in total. The molecule has 22 heavy (non-hydrogen) atoms. The molecule has 1 aliphatic carbocycles. The zero-order chi connectivity index (χ0) is 15.9. The monoisotopic (exact) mass is 406 g/mol. The molecule has 0 amide bonds. The Kier molecular flexibility index (Phi) is 4.04. The number of aryl methyl sites for hydroxylation is 1. The quantitative estimate of drug-likeness (QED) is 0.772. The molecular weight excluding hydrogens is 391 g/mol. The summed E-state index contributed by atoms with van der Waals surface area (Å²) in [4.78, 5) is 24.3. The van der Waals surface area contributed by atoms with Crippen LogP contribution in [0.25, 0.3) is 0 Å². The number of ketones is 1. The minimum atomic E-state index is -0.863. The molecule has 0 aromatic heterocycles. The van der Waals surface area contributed by atoms with Crippen molar-refractivity contribution in [2.45, 2.75) is 25.7 Å². The van der Waals surface area contributed by atoms with Gasteiger partial charge in [0.1, 0.15) is 0 Å². The Balaban J connectivity index is 2.23. The first-order valence-corrected chi connectivity index (χ1v) is 8.25. The van der Waals surface area contributed by atoms with Crippen molar-refractivity contribution in [1.82, 2.24) is 0 Å². The molecule has 1 atom stereocenters. The lowest BCUT2D eigenvalue weighted by Gasteiger charge is -2.16. The number of carbonyl (C=O) groups is 2. The summed E-state index contributed by atoms with van der Waals surface area (Å²) in [6, 6.07) is 11.3. The van der Waals surface area contributed by atoms with Gasteiger partial charge in [-0.3, -0.25) is 9.59 Å². The number of halogens is 1. The molecule has 112 valence electrons. The van der Waals surface area contributed by atoms with Crippen LogP contribution in [-0.2, 0) is 17.6 Å². The highest BCUT2D eigenvalue weighted by Crippen LogP contribution is 2.33. The molecule has 1 aliphatic rings. The topological polar surface area (TPSA) is 54.4 Å². The van der Waals surface area contributed by atoms with Crippen LogP contribution in [0.3, 0.4) is 0 Å². The zero-order valence-corrected chi connectivity index (χ0v) is 14.3. The molecule has 0 heterocycles. The van der Waals surface area contributed by atoms with Crippen molar-refractivity contribution < 1.29 is 14.7 Å². The average molecular weight is 406 g/mol. The van der Waals surface area contributed by atoms with Crippen LogP contribution in [-0.4, -0.2) is 16.9 Å². The Bertz CT molecular complexity index is 780. The van der Waals surface area contributed by atoms with Crippen LogP contribution >= 0.6 is 22.6 Å². The summed E-state index contributed by atoms with van der Waals surface area (Å²) >= 11 is 2.16. The molecule has 3 rings (SSSR count). The van der Waals surface area contributed by atoms with E-state index in [-0.39, 0.29) is 5.78 Å². The molecule has 0 aliphatic heterocycles. The van der Waals surface area contributed by atoms with Gasteiger partial charge in [0, 0.05) is 14.7 Å². The molecule has 2 aromatic rings. The lowest BCUT2D eigenvalue weighted by molar-refractivity contribution is -0.138. The highest BCUT2D eigenvalue weighted by molar-refractivity contribution is 14.1. The Morgan fingerprint density at radius 2 is 1.91 bits per heavy atom. The van der Waals surface area contributed by atoms with E-state index < -0.39 is 11.9 Å². The van der Waals surface area contributed by atoms with Gasteiger partial charge in [-0.1, -0.05) is 30.3 Å². The molecule has 1 unspecified atom stereocenters. The van der Waals surface area contributed by atoms with Gasteiger partial charge in [-0.2, -0.15) is 0 Å². The van der Waals surface area contributed by atoms with Gasteiger partial charge in [-0.05, 0) is 65.1 Å². The molecule has 2 aromatic carbocycles. The Morgan fingerprint density at radius 1 is 1.18 bits per heavy atom. The third-order valence-corrected chi connectivity index (χ3v) is 5.17. The van der Waals surface area contributed by atoms with Gasteiger partial charge in [0.05, 0.1) is 5.92 Å². The van der Waals surface area contributed by atoms with Crippen LogP contribution in [0.1, 0.15) is 45.5 Å². The molecule has 0 radical (unpaired) electrons. The van der Waals surface area contributed by atoms with Crippen LogP contribution in [0.2, 0.25) is 0 Å². The van der Waals surface area contributed by atoms with E-state index >= 15 is 0 Å². The predicted molar refractivity (Wildman–Crippen MR) is 92.5 cm³/mol. The van der Waals surface area contributed by atoms with Gasteiger partial charge < -0.3 is 5.11 Å². The van der Waals surface area contributed by atoms with Gasteiger partial charge in [0.25, 0.3) is 0 Å². The summed E-state index contributed by atoms with van der Waals surface area (Å²) < 4.78 is 0.885. The van der Waals surface area contributed by atoms with Gasteiger partial charge in [0.15, 0.2) is 5.78 Å². The number of rotatable bonds is 2. The van der Waals surface area contributed by atoms with Crippen molar-refractivity contribution in [3.63, 3.8) is 0 Å². The number of hydrogen-bond donors (Lipinski definition) is 1. The molecule has 0 saturated carbocycles. The second-order valence-electron chi connectivity index (χ2n) is 5.54. The minimum absolute atomic E-state index is 0.00642. The average Bonchev–Trinajstić information content (AvgIpc) is 2.66. The van der Waals surface area contributed by atoms with E-state index in [9.17, 15) is 14.7 Å². The van der Waals surface area contributed by atoms with Gasteiger partial charge in [0.2, 0.25) is 0 Å². The number of aliphatic carboxylic acids is 1. The Morgan fingerprint density at radius 3 is 2.64 bits per heavy atom. The summed E-state index contributed by atoms with van der Waals surface area (Å²) in [7, 11) is 0. The largest absolute Gasteiger partial charge is 0.481 e. The number of hydrogen-bond acceptors (Lipinski definition) is 2. The maximum Gasteiger partial charge on any atom is 0.310 e. The lowest BCUT2D eigenvalue weighted by Crippen LogP contribution is -2.14. The van der Waals surface area contributed by atoms with E-state index in [0.29, 0.717) is 12.0 Å². The summed E-state index contributed by atoms with van der Waals surface area (Å²) in [5.41, 5.74) is 4.09. The van der Waals surface area contributed by atoms with Crippen molar-refractivity contribution in [1.29, 1.82) is 0 Å². The second kappa shape index (κ2) is 5.83. The van der Waals surface area contributed by atoms with E-state index in [0.717, 1.165) is 32.2 Å². The summed E-state index contributed by atoms with van der Waals surface area (Å²) in [6.45, 7) is 1.67. The fourth-order valence-electron chi connectivity index (χ4n) is 3.04. The Hall–Kier alpha value is -1.69. The third-order valence-electron chi connectivity index (χ3n) is 4.27. The molecule has 0 spiro atoms. The van der Waals surface area contributed by atoms with Crippen molar-refractivity contribution in [2.75, 3.05) is 0 Å². The first kappa shape index (κ1) is 15.2. The van der Waals surface area contributed by atoms with Crippen LogP contribution in [0, 0.1) is 3.57 Å². The molecule has 0 saturated heterocycles. The zero-order valence-electron chi connectivity index (χ0n) is 12.1. The smallest absolute Gasteiger partial charge is 0.310 e. The van der Waals surface area contributed by atoms with Gasteiger partial charge in [-0.25, -0.2) is 0 Å². The molecule has 1 N–H and O–H groups in total. The highest BCUT2D eigenvalue weighted by atomic mass is 127. The van der Waals surface area contributed by atoms with Crippen molar-refractivity contribution in [3.05, 3.63) is 67.8 Å². The number of carboxylic acids is 1. The number of carboxylic acid groups (broad SMARTS) is 1. The molecule has 0 bridgehead atoms. The predicted octanol–water partition coefficient (Wildman–Crippen LogP) is 3.81. The maximum atomic E-state index is 12.9. The van der Waals surface area contributed by atoms with Crippen LogP contribution in [0.5, 0.6) is 0 Å². The lowest BCUT2D eigenvalue weighted by atomic mass is 9.89. The SMILES string of the molecule is CC(C(=O)O)c1ccc(I)c2c1CCc1ccccc1C2=O. The van der Waals surface area contributed by atoms with Crippen molar-refractivity contribution in [3.8, 4) is 0 Å². The standard InChI is InChI=1S/C18H15IO3/c1-10(18(21)22)12-8-9-15(19)16-14(12)7-6-11-4-2-3-5-13(11)17(16)20/h2-5,8-10H,6-7H2,1H3,(H,21,22). The molecular formula is C18H15IO3. The first-order valence-electron chi connectivity index (χ1n) is 7.17. The van der Waals surface area contributed by atoms with Crippen LogP contribution < -0.4 is 0 Å². The maximum absolute atomic E-state index is 12.9. The van der Waals surface area contributed by atoms with E-state index in [2.05, 4.69) is 22.6 Å². The Labute approximate surface area is 142 Å². The molecule has 4 heteroatoms. The number of benzene rings is 2. The first-order chi connectivity index (χ1) is 10.5. The summed E-state index contributed by atoms with van der Waals surface area (Å²) in [5.74, 6) is -1.47. The summed E-state index contributed by atoms with van der Waals surface area (Å²) in [6.07, 6.45) is 1.45. The van der Waals surface area contributed by atoms with Crippen LogP contribution in [0.4, 0.5) is 0 Å². The van der Waals surface area contributed by atoms with E-state index in [4.69, 9.17) is 0 Å². The fourth-order valence-corrected chi connectivity index (χ4v) is 3.79. The summed E-state index contributed by atoms with van der Waals surface area (Å²) in [5, 5.41) is 9.33. The number of carbonyl (C=O) groups excluding carboxylic acids is 1. The van der Waals surface area contributed by atoms with Gasteiger partial charge >= 0.3 is 5.97 Å². The van der Waals surface area contributed by atoms with Crippen LogP contribution in [0.15, 0.2) is 36.4 Å². The van der Waals surface area contributed by atoms with Gasteiger partial charge in [-0.15, -0.1) is 0 Å². The van der Waals surface area contributed by atoms with Crippen molar-refractivity contribution >= 4 is 34.3 Å². The third kappa shape index (κ3) is 2.45. The van der Waals surface area contributed by atoms with E-state index in [1.165, 1.54) is 0 Å².